The van der Waals surface area contributed by atoms with Crippen LogP contribution in [0.25, 0.3) is 10.9 Å². The number of aromatic amines is 1. The normalized spacial score (nSPS) is 14.3. The molecule has 0 saturated heterocycles. The number of nitrogens with one attached hydrogen (secondary N) is 1. The highest BCUT2D eigenvalue weighted by Crippen LogP contribution is 2.36. The van der Waals surface area contributed by atoms with Gasteiger partial charge >= 0.3 is 0 Å². The van der Waals surface area contributed by atoms with E-state index in [0.717, 1.165) is 22.2 Å². The summed E-state index contributed by atoms with van der Waals surface area (Å²) in [6.45, 7) is 1.16. The molecule has 3 rings (SSSR count). The lowest BCUT2D eigenvalue weighted by Gasteiger charge is -2.14. The van der Waals surface area contributed by atoms with Crippen molar-refractivity contribution in [1.82, 2.24) is 9.88 Å². The van der Waals surface area contributed by atoms with E-state index in [0.29, 0.717) is 23.1 Å². The van der Waals surface area contributed by atoms with Gasteiger partial charge in [0.25, 0.3) is 0 Å². The molecule has 0 unspecified atom stereocenters. The Morgan fingerprint density at radius 2 is 2.17 bits per heavy atom. The average Bonchev–Trinajstić information content (AvgIpc) is 2.90. The number of H-pyrrole nitrogens is 1. The van der Waals surface area contributed by atoms with E-state index in [1.165, 1.54) is 0 Å². The van der Waals surface area contributed by atoms with Gasteiger partial charge in [0.1, 0.15) is 0 Å². The summed E-state index contributed by atoms with van der Waals surface area (Å²) >= 11 is 12.1. The van der Waals surface area contributed by atoms with E-state index in [1.54, 1.807) is 11.0 Å². The van der Waals surface area contributed by atoms with Crippen LogP contribution in [-0.2, 0) is 17.9 Å². The maximum atomic E-state index is 11.6. The molecular formula is C12H11Cl2N3O. The topological polar surface area (TPSA) is 62.1 Å². The summed E-state index contributed by atoms with van der Waals surface area (Å²) < 4.78 is 0. The minimum absolute atomic E-state index is 0.0365. The zero-order valence-corrected chi connectivity index (χ0v) is 11.0. The summed E-state index contributed by atoms with van der Waals surface area (Å²) in [4.78, 5) is 16.5. The van der Waals surface area contributed by atoms with Gasteiger partial charge in [-0.1, -0.05) is 29.3 Å². The highest BCUT2D eigenvalue weighted by atomic mass is 35.5. The van der Waals surface area contributed by atoms with E-state index in [9.17, 15) is 4.79 Å². The van der Waals surface area contributed by atoms with Crippen LogP contribution in [-0.4, -0.2) is 22.3 Å². The van der Waals surface area contributed by atoms with E-state index in [1.807, 2.05) is 6.07 Å². The molecule has 3 N–H and O–H groups in total. The lowest BCUT2D eigenvalue weighted by atomic mass is 10.1. The SMILES string of the molecule is NCC(=O)N1Cc2[nH]c3c(Cl)c(Cl)ccc3c2C1. The van der Waals surface area contributed by atoms with Crippen LogP contribution in [0.1, 0.15) is 11.3 Å². The molecule has 1 aromatic heterocycles. The maximum absolute atomic E-state index is 11.6. The number of halogens is 2. The Hall–Kier alpha value is -1.23. The molecule has 2 aromatic rings. The van der Waals surface area contributed by atoms with Gasteiger partial charge in [-0.3, -0.25) is 4.79 Å². The Balaban J connectivity index is 2.08. The highest BCUT2D eigenvalue weighted by Gasteiger charge is 2.26. The molecule has 6 heteroatoms. The summed E-state index contributed by atoms with van der Waals surface area (Å²) in [6, 6.07) is 3.70. The summed E-state index contributed by atoms with van der Waals surface area (Å²) in [5, 5.41) is 2.07. The third-order valence-electron chi connectivity index (χ3n) is 3.29. The zero-order chi connectivity index (χ0) is 12.9. The van der Waals surface area contributed by atoms with Gasteiger partial charge in [0.2, 0.25) is 5.91 Å². The number of carbonyl (C=O) groups is 1. The van der Waals surface area contributed by atoms with E-state index in [-0.39, 0.29) is 12.5 Å². The van der Waals surface area contributed by atoms with Gasteiger partial charge in [0.15, 0.2) is 0 Å². The molecule has 94 valence electrons. The molecule has 18 heavy (non-hydrogen) atoms. The predicted octanol–water partition coefficient (Wildman–Crippen LogP) is 2.28. The first-order valence-electron chi connectivity index (χ1n) is 5.57. The number of nitrogens with two attached hydrogens (primary N) is 1. The van der Waals surface area contributed by atoms with Crippen molar-refractivity contribution in [2.24, 2.45) is 5.73 Å². The first kappa shape index (κ1) is 11.8. The van der Waals surface area contributed by atoms with Crippen molar-refractivity contribution in [2.45, 2.75) is 13.1 Å². The number of nitrogens with zero attached hydrogens (tertiary/aromatic N) is 1. The van der Waals surface area contributed by atoms with Crippen LogP contribution in [0.4, 0.5) is 0 Å². The monoisotopic (exact) mass is 283 g/mol. The van der Waals surface area contributed by atoms with Gasteiger partial charge in [0, 0.05) is 23.2 Å². The molecule has 0 fully saturated rings. The number of rotatable bonds is 1. The molecule has 0 spiro atoms. The van der Waals surface area contributed by atoms with Crippen molar-refractivity contribution in [3.05, 3.63) is 33.4 Å². The average molecular weight is 284 g/mol. The molecule has 2 heterocycles. The fourth-order valence-electron chi connectivity index (χ4n) is 2.37. The van der Waals surface area contributed by atoms with E-state index in [4.69, 9.17) is 28.9 Å². The van der Waals surface area contributed by atoms with Crippen LogP contribution >= 0.6 is 23.2 Å². The number of hydrogen-bond donors (Lipinski definition) is 2. The Bertz CT molecular complexity index is 650. The zero-order valence-electron chi connectivity index (χ0n) is 9.46. The highest BCUT2D eigenvalue weighted by molar-refractivity contribution is 6.45. The van der Waals surface area contributed by atoms with Crippen LogP contribution in [0, 0.1) is 0 Å². The van der Waals surface area contributed by atoms with Crippen LogP contribution in [0.5, 0.6) is 0 Å². The van der Waals surface area contributed by atoms with Crippen LogP contribution in [0.2, 0.25) is 10.0 Å². The second kappa shape index (κ2) is 4.16. The van der Waals surface area contributed by atoms with Crippen molar-refractivity contribution in [1.29, 1.82) is 0 Å². The van der Waals surface area contributed by atoms with E-state index < -0.39 is 0 Å². The summed E-state index contributed by atoms with van der Waals surface area (Å²) in [5.74, 6) is -0.0483. The van der Waals surface area contributed by atoms with Gasteiger partial charge < -0.3 is 15.6 Å². The number of amides is 1. The largest absolute Gasteiger partial charge is 0.355 e. The van der Waals surface area contributed by atoms with Crippen molar-refractivity contribution < 1.29 is 4.79 Å². The molecule has 0 atom stereocenters. The third-order valence-corrected chi connectivity index (χ3v) is 4.09. The fraction of sp³-hybridized carbons (Fsp3) is 0.250. The molecule has 1 aliphatic rings. The molecule has 0 saturated carbocycles. The molecular weight excluding hydrogens is 273 g/mol. The summed E-state index contributed by atoms with van der Waals surface area (Å²) in [7, 11) is 0. The maximum Gasteiger partial charge on any atom is 0.236 e. The summed E-state index contributed by atoms with van der Waals surface area (Å²) in [5.41, 5.74) is 8.33. The molecule has 4 nitrogen and oxygen atoms in total. The van der Waals surface area contributed by atoms with Gasteiger partial charge in [-0.2, -0.15) is 0 Å². The van der Waals surface area contributed by atoms with Crippen molar-refractivity contribution in [2.75, 3.05) is 6.54 Å². The van der Waals surface area contributed by atoms with Gasteiger partial charge in [-0.15, -0.1) is 0 Å². The van der Waals surface area contributed by atoms with Crippen LogP contribution < -0.4 is 5.73 Å². The standard InChI is InChI=1S/C12H11Cl2N3O/c13-8-2-1-6-7-4-17(10(18)3-15)5-9(7)16-12(6)11(8)14/h1-2,16H,3-5,15H2. The van der Waals surface area contributed by atoms with Crippen LogP contribution in [0.3, 0.4) is 0 Å². The second-order valence-corrected chi connectivity index (χ2v) is 5.11. The van der Waals surface area contributed by atoms with Crippen molar-refractivity contribution in [3.63, 3.8) is 0 Å². The Labute approximate surface area is 114 Å². The van der Waals surface area contributed by atoms with E-state index in [2.05, 4.69) is 4.98 Å². The number of carbonyl (C=O) groups excluding carboxylic acids is 1. The molecule has 0 radical (unpaired) electrons. The fourth-order valence-corrected chi connectivity index (χ4v) is 2.74. The molecule has 0 bridgehead atoms. The molecule has 1 aromatic carbocycles. The minimum atomic E-state index is -0.0483. The smallest absolute Gasteiger partial charge is 0.236 e. The van der Waals surface area contributed by atoms with Gasteiger partial charge in [-0.05, 0) is 6.07 Å². The van der Waals surface area contributed by atoms with Crippen molar-refractivity contribution >= 4 is 40.0 Å². The number of aromatic nitrogens is 1. The first-order chi connectivity index (χ1) is 8.61. The minimum Gasteiger partial charge on any atom is -0.355 e. The first-order valence-corrected chi connectivity index (χ1v) is 6.32. The predicted molar refractivity (Wildman–Crippen MR) is 71.6 cm³/mol. The Morgan fingerprint density at radius 1 is 1.39 bits per heavy atom. The number of fused-ring (bicyclic) bond motifs is 3. The van der Waals surface area contributed by atoms with Crippen molar-refractivity contribution in [3.8, 4) is 0 Å². The quantitative estimate of drug-likeness (QED) is 0.843. The third kappa shape index (κ3) is 1.61. The lowest BCUT2D eigenvalue weighted by molar-refractivity contribution is -0.130. The molecule has 0 aliphatic carbocycles. The Morgan fingerprint density at radius 3 is 2.89 bits per heavy atom. The molecule has 1 aliphatic heterocycles. The number of hydrogen-bond acceptors (Lipinski definition) is 2. The Kier molecular flexibility index (Phi) is 2.73. The molecule has 1 amide bonds. The van der Waals surface area contributed by atoms with Gasteiger partial charge in [-0.25, -0.2) is 0 Å². The second-order valence-electron chi connectivity index (χ2n) is 4.32. The van der Waals surface area contributed by atoms with Crippen LogP contribution in [0.15, 0.2) is 12.1 Å². The summed E-state index contributed by atoms with van der Waals surface area (Å²) in [6.07, 6.45) is 0. The van der Waals surface area contributed by atoms with E-state index >= 15 is 0 Å². The lowest BCUT2D eigenvalue weighted by Crippen LogP contribution is -2.31. The van der Waals surface area contributed by atoms with Gasteiger partial charge in [0.05, 0.1) is 28.7 Å². The number of benzene rings is 1.